The molecule has 5 N–H and O–H groups in total. The van der Waals surface area contributed by atoms with E-state index in [4.69, 9.17) is 0 Å². The highest BCUT2D eigenvalue weighted by Crippen LogP contribution is 2.64. The van der Waals surface area contributed by atoms with Crippen molar-refractivity contribution in [1.29, 1.82) is 0 Å². The molecule has 0 aromatic rings. The first-order valence-corrected chi connectivity index (χ1v) is 12.1. The minimum Gasteiger partial charge on any atom is -0.324 e. The summed E-state index contributed by atoms with van der Waals surface area (Å²) in [7, 11) is -9.72. The fourth-order valence-electron chi connectivity index (χ4n) is 2.45. The van der Waals surface area contributed by atoms with Crippen molar-refractivity contribution >= 4 is 27.0 Å². The molecule has 0 aliphatic rings. The summed E-state index contributed by atoms with van der Waals surface area (Å²) in [5.41, 5.74) is 0. The second-order valence-corrected chi connectivity index (χ2v) is 10.6. The van der Waals surface area contributed by atoms with Crippen LogP contribution in [-0.2, 0) is 9.13 Å². The summed E-state index contributed by atoms with van der Waals surface area (Å²) in [6, 6.07) is 0. The van der Waals surface area contributed by atoms with Crippen LogP contribution in [0.1, 0.15) is 33.1 Å². The monoisotopic (exact) mass is 377 g/mol. The van der Waals surface area contributed by atoms with E-state index < -0.39 is 26.5 Å². The SMILES string of the molecule is CSCCNCCCC[C@@H](C(C)C)C(P(=O)(O)O)P(=O)(O)O. The molecule has 0 heterocycles. The van der Waals surface area contributed by atoms with Gasteiger partial charge >= 0.3 is 15.2 Å². The Morgan fingerprint density at radius 2 is 1.55 bits per heavy atom. The molecule has 0 unspecified atom stereocenters. The summed E-state index contributed by atoms with van der Waals surface area (Å²) in [5, 5.41) is 1.35. The minimum atomic E-state index is -4.86. The van der Waals surface area contributed by atoms with Crippen LogP contribution in [0.2, 0.25) is 0 Å². The molecule has 0 aliphatic carbocycles. The van der Waals surface area contributed by atoms with Crippen LogP contribution in [0.5, 0.6) is 0 Å². The fourth-order valence-corrected chi connectivity index (χ4v) is 6.35. The third-order valence-corrected chi connectivity index (χ3v) is 8.11. The van der Waals surface area contributed by atoms with Crippen molar-refractivity contribution < 1.29 is 28.7 Å². The van der Waals surface area contributed by atoms with Gasteiger partial charge in [0.25, 0.3) is 0 Å². The second kappa shape index (κ2) is 10.5. The molecule has 0 aromatic carbocycles. The molecular weight excluding hydrogens is 348 g/mol. The van der Waals surface area contributed by atoms with Gasteiger partial charge in [-0.25, -0.2) is 0 Å². The van der Waals surface area contributed by atoms with Gasteiger partial charge in [-0.2, -0.15) is 11.8 Å². The van der Waals surface area contributed by atoms with E-state index in [1.807, 2.05) is 6.26 Å². The molecule has 0 amide bonds. The Labute approximate surface area is 137 Å². The van der Waals surface area contributed by atoms with E-state index >= 15 is 0 Å². The van der Waals surface area contributed by atoms with Crippen LogP contribution in [0, 0.1) is 11.8 Å². The van der Waals surface area contributed by atoms with E-state index in [1.165, 1.54) is 0 Å². The highest BCUT2D eigenvalue weighted by Gasteiger charge is 2.49. The molecule has 0 radical (unpaired) electrons. The third-order valence-electron chi connectivity index (χ3n) is 3.55. The van der Waals surface area contributed by atoms with Crippen LogP contribution >= 0.6 is 27.0 Å². The third kappa shape index (κ3) is 9.04. The highest BCUT2D eigenvalue weighted by atomic mass is 32.2. The van der Waals surface area contributed by atoms with Crippen molar-refractivity contribution in [2.24, 2.45) is 11.8 Å². The van der Waals surface area contributed by atoms with E-state index in [0.29, 0.717) is 12.8 Å². The fraction of sp³-hybridized carbons (Fsp3) is 1.00. The maximum Gasteiger partial charge on any atom is 0.340 e. The Kier molecular flexibility index (Phi) is 10.8. The minimum absolute atomic E-state index is 0.213. The van der Waals surface area contributed by atoms with Crippen LogP contribution in [0.25, 0.3) is 0 Å². The van der Waals surface area contributed by atoms with Crippen LogP contribution in [-0.4, -0.2) is 50.1 Å². The molecule has 7 nitrogen and oxygen atoms in total. The predicted molar refractivity (Wildman–Crippen MR) is 91.3 cm³/mol. The zero-order valence-corrected chi connectivity index (χ0v) is 16.0. The second-order valence-electron chi connectivity index (χ2n) is 5.74. The molecule has 0 aromatic heterocycles. The molecule has 10 heteroatoms. The number of unbranched alkanes of at least 4 members (excludes halogenated alkanes) is 1. The average molecular weight is 377 g/mol. The van der Waals surface area contributed by atoms with Gasteiger partial charge in [0.15, 0.2) is 5.40 Å². The van der Waals surface area contributed by atoms with E-state index in [-0.39, 0.29) is 5.92 Å². The summed E-state index contributed by atoms with van der Waals surface area (Å²) in [6.07, 6.45) is 3.90. The Morgan fingerprint density at radius 3 is 1.95 bits per heavy atom. The number of thioether (sulfide) groups is 1. The first kappa shape index (κ1) is 22.6. The van der Waals surface area contributed by atoms with Gasteiger partial charge in [-0.15, -0.1) is 0 Å². The van der Waals surface area contributed by atoms with Gasteiger partial charge in [-0.3, -0.25) is 9.13 Å². The smallest absolute Gasteiger partial charge is 0.324 e. The maximum atomic E-state index is 11.5. The van der Waals surface area contributed by atoms with Crippen molar-refractivity contribution in [3.8, 4) is 0 Å². The summed E-state index contributed by atoms with van der Waals surface area (Å²) < 4.78 is 23.0. The van der Waals surface area contributed by atoms with Gasteiger partial charge in [-0.05, 0) is 37.5 Å². The van der Waals surface area contributed by atoms with Crippen LogP contribution < -0.4 is 5.32 Å². The van der Waals surface area contributed by atoms with Gasteiger partial charge in [0, 0.05) is 12.3 Å². The van der Waals surface area contributed by atoms with E-state index in [0.717, 1.165) is 25.3 Å². The van der Waals surface area contributed by atoms with Gasteiger partial charge in [0.1, 0.15) is 0 Å². The summed E-state index contributed by atoms with van der Waals surface area (Å²) >= 11 is 1.75. The number of rotatable bonds is 12. The summed E-state index contributed by atoms with van der Waals surface area (Å²) in [5.74, 6) is 0.107. The lowest BCUT2D eigenvalue weighted by Crippen LogP contribution is -2.26. The summed E-state index contributed by atoms with van der Waals surface area (Å²) in [4.78, 5) is 37.3. The Balaban J connectivity index is 4.58. The highest BCUT2D eigenvalue weighted by molar-refractivity contribution is 7.98. The summed E-state index contributed by atoms with van der Waals surface area (Å²) in [6.45, 7) is 5.17. The number of nitrogens with one attached hydrogen (secondary N) is 1. The van der Waals surface area contributed by atoms with Crippen molar-refractivity contribution in [3.05, 3.63) is 0 Å². The molecule has 0 fully saturated rings. The van der Waals surface area contributed by atoms with E-state index in [1.54, 1.807) is 25.6 Å². The molecule has 22 heavy (non-hydrogen) atoms. The van der Waals surface area contributed by atoms with Crippen molar-refractivity contribution in [2.75, 3.05) is 25.1 Å². The lowest BCUT2D eigenvalue weighted by molar-refractivity contribution is 0.277. The molecule has 0 bridgehead atoms. The van der Waals surface area contributed by atoms with Gasteiger partial charge < -0.3 is 24.9 Å². The van der Waals surface area contributed by atoms with Gasteiger partial charge in [0.05, 0.1) is 0 Å². The molecule has 0 spiro atoms. The number of hydrogen-bond acceptors (Lipinski definition) is 4. The first-order chi connectivity index (χ1) is 10.0. The van der Waals surface area contributed by atoms with Gasteiger partial charge in [-0.1, -0.05) is 20.3 Å². The molecule has 0 saturated carbocycles. The molecule has 0 rings (SSSR count). The van der Waals surface area contributed by atoms with Crippen molar-refractivity contribution in [1.82, 2.24) is 5.32 Å². The topological polar surface area (TPSA) is 127 Å². The average Bonchev–Trinajstić information content (AvgIpc) is 2.32. The Bertz CT molecular complexity index is 375. The van der Waals surface area contributed by atoms with Crippen molar-refractivity contribution in [2.45, 2.75) is 38.5 Å². The lowest BCUT2D eigenvalue weighted by atomic mass is 9.92. The molecule has 0 aliphatic heterocycles. The zero-order valence-electron chi connectivity index (χ0n) is 13.4. The zero-order chi connectivity index (χ0) is 17.4. The molecular formula is C12H29NO6P2S. The Morgan fingerprint density at radius 1 is 1.00 bits per heavy atom. The largest absolute Gasteiger partial charge is 0.340 e. The first-order valence-electron chi connectivity index (χ1n) is 7.32. The molecule has 1 atom stereocenters. The van der Waals surface area contributed by atoms with Crippen LogP contribution in [0.3, 0.4) is 0 Å². The quantitative estimate of drug-likeness (QED) is 0.258. The Hall–Kier alpha value is 0.610. The van der Waals surface area contributed by atoms with E-state index in [2.05, 4.69) is 5.32 Å². The molecule has 134 valence electrons. The maximum absolute atomic E-state index is 11.5. The van der Waals surface area contributed by atoms with Crippen molar-refractivity contribution in [3.63, 3.8) is 0 Å². The molecule has 0 saturated heterocycles. The standard InChI is InChI=1S/C12H29NO6P2S/c1-10(2)11(6-4-5-7-13-8-9-22-3)12(20(14,15)16)21(17,18)19/h10-13H,4-9H2,1-3H3,(H2,14,15,16)(H2,17,18,19)/t11-/m0/s1. The lowest BCUT2D eigenvalue weighted by Gasteiger charge is -2.31. The van der Waals surface area contributed by atoms with Crippen LogP contribution in [0.15, 0.2) is 0 Å². The normalized spacial score (nSPS) is 14.8. The predicted octanol–water partition coefficient (Wildman–Crippen LogP) is 2.06. The number of hydrogen-bond donors (Lipinski definition) is 5. The van der Waals surface area contributed by atoms with Gasteiger partial charge in [0.2, 0.25) is 0 Å². The van der Waals surface area contributed by atoms with E-state index in [9.17, 15) is 28.7 Å². The van der Waals surface area contributed by atoms with Crippen LogP contribution in [0.4, 0.5) is 0 Å².